The lowest BCUT2D eigenvalue weighted by molar-refractivity contribution is -0.128. The molecule has 3 rings (SSSR count). The van der Waals surface area contributed by atoms with Crippen molar-refractivity contribution in [3.8, 4) is 5.75 Å². The van der Waals surface area contributed by atoms with E-state index >= 15 is 0 Å². The van der Waals surface area contributed by atoms with Gasteiger partial charge in [-0.25, -0.2) is 4.39 Å². The van der Waals surface area contributed by atoms with Crippen molar-refractivity contribution in [1.29, 1.82) is 0 Å². The SMILES string of the molecule is CC(C)(Oc1ccc(Cl)cc1)C(=O)Nc1nnc(Cc2ccc(F)cc2)o1. The second-order valence-electron chi connectivity index (χ2n) is 6.32. The van der Waals surface area contributed by atoms with Gasteiger partial charge in [0.2, 0.25) is 5.89 Å². The van der Waals surface area contributed by atoms with Crippen molar-refractivity contribution in [3.05, 3.63) is 70.8 Å². The summed E-state index contributed by atoms with van der Waals surface area (Å²) in [7, 11) is 0. The van der Waals surface area contributed by atoms with E-state index in [4.69, 9.17) is 20.8 Å². The van der Waals surface area contributed by atoms with Gasteiger partial charge >= 0.3 is 6.01 Å². The maximum atomic E-state index is 12.9. The molecule has 1 amide bonds. The Morgan fingerprint density at radius 3 is 2.48 bits per heavy atom. The van der Waals surface area contributed by atoms with Crippen LogP contribution < -0.4 is 10.1 Å². The molecule has 2 aromatic carbocycles. The monoisotopic (exact) mass is 389 g/mol. The summed E-state index contributed by atoms with van der Waals surface area (Å²) in [6, 6.07) is 12.6. The van der Waals surface area contributed by atoms with E-state index in [0.717, 1.165) is 5.56 Å². The third kappa shape index (κ3) is 5.04. The van der Waals surface area contributed by atoms with Crippen molar-refractivity contribution in [2.24, 2.45) is 0 Å². The molecule has 0 aliphatic carbocycles. The van der Waals surface area contributed by atoms with Gasteiger partial charge in [-0.15, -0.1) is 5.10 Å². The molecule has 0 aliphatic heterocycles. The highest BCUT2D eigenvalue weighted by Gasteiger charge is 2.31. The third-order valence-corrected chi connectivity index (χ3v) is 3.94. The zero-order chi connectivity index (χ0) is 19.4. The molecule has 0 radical (unpaired) electrons. The first-order chi connectivity index (χ1) is 12.8. The number of rotatable bonds is 6. The van der Waals surface area contributed by atoms with Crippen LogP contribution in [0.15, 0.2) is 52.9 Å². The standard InChI is InChI=1S/C19H17ClFN3O3/c1-19(2,27-15-9-5-13(20)6-10-15)17(25)22-18-24-23-16(26-18)11-12-3-7-14(21)8-4-12/h3-10H,11H2,1-2H3,(H,22,24,25). The van der Waals surface area contributed by atoms with E-state index in [9.17, 15) is 9.18 Å². The summed E-state index contributed by atoms with van der Waals surface area (Å²) in [5, 5.41) is 10.8. The van der Waals surface area contributed by atoms with Crippen molar-refractivity contribution in [1.82, 2.24) is 10.2 Å². The van der Waals surface area contributed by atoms with Gasteiger partial charge in [0.25, 0.3) is 5.91 Å². The van der Waals surface area contributed by atoms with Crippen LogP contribution in [0.1, 0.15) is 25.3 Å². The molecule has 0 saturated heterocycles. The molecule has 0 atom stereocenters. The molecular formula is C19H17ClFN3O3. The van der Waals surface area contributed by atoms with E-state index < -0.39 is 11.5 Å². The summed E-state index contributed by atoms with van der Waals surface area (Å²) in [6.45, 7) is 3.24. The number of carbonyl (C=O) groups excluding carboxylic acids is 1. The van der Waals surface area contributed by atoms with Crippen LogP contribution in [-0.4, -0.2) is 21.7 Å². The Labute approximate surface area is 160 Å². The summed E-state index contributed by atoms with van der Waals surface area (Å²) in [5.74, 6) is 0.0324. The van der Waals surface area contributed by atoms with Gasteiger partial charge in [0.1, 0.15) is 11.6 Å². The number of nitrogens with zero attached hydrogens (tertiary/aromatic N) is 2. The zero-order valence-corrected chi connectivity index (χ0v) is 15.5. The van der Waals surface area contributed by atoms with Gasteiger partial charge in [0.05, 0.1) is 6.42 Å². The molecule has 0 spiro atoms. The highest BCUT2D eigenvalue weighted by molar-refractivity contribution is 6.30. The number of amides is 1. The lowest BCUT2D eigenvalue weighted by Gasteiger charge is -2.24. The molecule has 140 valence electrons. The molecule has 0 bridgehead atoms. The van der Waals surface area contributed by atoms with Crippen LogP contribution in [0.4, 0.5) is 10.4 Å². The summed E-state index contributed by atoms with van der Waals surface area (Å²) in [5.41, 5.74) is -0.372. The van der Waals surface area contributed by atoms with Crippen LogP contribution in [0.3, 0.4) is 0 Å². The molecule has 1 N–H and O–H groups in total. The van der Waals surface area contributed by atoms with Crippen LogP contribution in [0.2, 0.25) is 5.02 Å². The normalized spacial score (nSPS) is 11.3. The quantitative estimate of drug-likeness (QED) is 0.682. The second-order valence-corrected chi connectivity index (χ2v) is 6.76. The molecule has 27 heavy (non-hydrogen) atoms. The molecule has 8 heteroatoms. The van der Waals surface area contributed by atoms with E-state index in [-0.39, 0.29) is 11.8 Å². The summed E-state index contributed by atoms with van der Waals surface area (Å²) < 4.78 is 24.1. The van der Waals surface area contributed by atoms with Crippen molar-refractivity contribution < 1.29 is 18.3 Å². The average molecular weight is 390 g/mol. The number of halogens is 2. The molecule has 1 aromatic heterocycles. The summed E-state index contributed by atoms with van der Waals surface area (Å²) in [4.78, 5) is 12.5. The molecule has 0 aliphatic rings. The van der Waals surface area contributed by atoms with E-state index in [1.54, 1.807) is 50.2 Å². The summed E-state index contributed by atoms with van der Waals surface area (Å²) in [6.07, 6.45) is 0.327. The van der Waals surface area contributed by atoms with Crippen LogP contribution in [0.25, 0.3) is 0 Å². The number of hydrogen-bond donors (Lipinski definition) is 1. The van der Waals surface area contributed by atoms with Gasteiger partial charge in [-0.05, 0) is 55.8 Å². The first kappa shape index (κ1) is 18.8. The Morgan fingerprint density at radius 1 is 1.15 bits per heavy atom. The topological polar surface area (TPSA) is 77.2 Å². The number of anilines is 1. The minimum Gasteiger partial charge on any atom is -0.478 e. The molecule has 6 nitrogen and oxygen atoms in total. The Kier molecular flexibility index (Phi) is 5.41. The number of aromatic nitrogens is 2. The molecule has 0 unspecified atom stereocenters. The Hall–Kier alpha value is -2.93. The predicted octanol–water partition coefficient (Wildman–Crippen LogP) is 4.25. The Balaban J connectivity index is 1.62. The van der Waals surface area contributed by atoms with Crippen molar-refractivity contribution in [3.63, 3.8) is 0 Å². The van der Waals surface area contributed by atoms with Crippen molar-refractivity contribution >= 4 is 23.5 Å². The van der Waals surface area contributed by atoms with E-state index in [1.807, 2.05) is 0 Å². The van der Waals surface area contributed by atoms with Crippen LogP contribution in [-0.2, 0) is 11.2 Å². The van der Waals surface area contributed by atoms with E-state index in [2.05, 4.69) is 15.5 Å². The Bertz CT molecular complexity index is 924. The number of nitrogens with one attached hydrogen (secondary N) is 1. The van der Waals surface area contributed by atoms with Crippen molar-refractivity contribution in [2.45, 2.75) is 25.9 Å². The Morgan fingerprint density at radius 2 is 1.81 bits per heavy atom. The number of ether oxygens (including phenoxy) is 1. The molecule has 0 fully saturated rings. The third-order valence-electron chi connectivity index (χ3n) is 3.69. The van der Waals surface area contributed by atoms with E-state index in [0.29, 0.717) is 23.1 Å². The molecule has 0 saturated carbocycles. The average Bonchev–Trinajstić information content (AvgIpc) is 3.06. The summed E-state index contributed by atoms with van der Waals surface area (Å²) >= 11 is 5.84. The lowest BCUT2D eigenvalue weighted by atomic mass is 10.1. The fourth-order valence-corrected chi connectivity index (χ4v) is 2.37. The molecule has 1 heterocycles. The van der Waals surface area contributed by atoms with Crippen molar-refractivity contribution in [2.75, 3.05) is 5.32 Å². The maximum Gasteiger partial charge on any atom is 0.322 e. The maximum absolute atomic E-state index is 12.9. The minimum absolute atomic E-state index is 0.0371. The largest absolute Gasteiger partial charge is 0.478 e. The highest BCUT2D eigenvalue weighted by Crippen LogP contribution is 2.22. The predicted molar refractivity (Wildman–Crippen MR) is 98.3 cm³/mol. The number of benzene rings is 2. The lowest BCUT2D eigenvalue weighted by Crippen LogP contribution is -2.42. The van der Waals surface area contributed by atoms with Gasteiger partial charge in [0.15, 0.2) is 5.60 Å². The van der Waals surface area contributed by atoms with Gasteiger partial charge in [-0.3, -0.25) is 10.1 Å². The van der Waals surface area contributed by atoms with E-state index in [1.165, 1.54) is 12.1 Å². The van der Waals surface area contributed by atoms with Gasteiger partial charge in [0, 0.05) is 5.02 Å². The minimum atomic E-state index is -1.18. The van der Waals surface area contributed by atoms with Gasteiger partial charge in [-0.1, -0.05) is 28.8 Å². The second kappa shape index (κ2) is 7.75. The van der Waals surface area contributed by atoms with Crippen LogP contribution >= 0.6 is 11.6 Å². The number of hydrogen-bond acceptors (Lipinski definition) is 5. The van der Waals surface area contributed by atoms with Gasteiger partial charge < -0.3 is 9.15 Å². The molecular weight excluding hydrogens is 373 g/mol. The first-order valence-corrected chi connectivity index (χ1v) is 8.52. The number of carbonyl (C=O) groups is 1. The highest BCUT2D eigenvalue weighted by atomic mass is 35.5. The fraction of sp³-hybridized carbons (Fsp3) is 0.211. The zero-order valence-electron chi connectivity index (χ0n) is 14.7. The first-order valence-electron chi connectivity index (χ1n) is 8.15. The van der Waals surface area contributed by atoms with Crippen LogP contribution in [0.5, 0.6) is 5.75 Å². The van der Waals surface area contributed by atoms with Crippen LogP contribution in [0, 0.1) is 5.82 Å². The van der Waals surface area contributed by atoms with Gasteiger partial charge in [-0.2, -0.15) is 0 Å². The smallest absolute Gasteiger partial charge is 0.322 e. The molecule has 3 aromatic rings. The fourth-order valence-electron chi connectivity index (χ4n) is 2.24.